The van der Waals surface area contributed by atoms with Crippen LogP contribution in [0.2, 0.25) is 0 Å². The van der Waals surface area contributed by atoms with Gasteiger partial charge < -0.3 is 0 Å². The maximum absolute atomic E-state index is 1.62. The third-order valence-corrected chi connectivity index (χ3v) is 4.12. The number of rotatable bonds is 0. The molecule has 4 rings (SSSR count). The van der Waals surface area contributed by atoms with Crippen LogP contribution in [0, 0.1) is 23.7 Å². The fourth-order valence-corrected chi connectivity index (χ4v) is 3.57. The largest absolute Gasteiger partial charge is 0.0530 e. The second-order valence-electron chi connectivity index (χ2n) is 4.61. The lowest BCUT2D eigenvalue weighted by Crippen LogP contribution is -2.04. The first-order valence-electron chi connectivity index (χ1n) is 4.95. The molecule has 56 valence electrons. The van der Waals surface area contributed by atoms with E-state index < -0.39 is 0 Å². The minimum atomic E-state index is 1.17. The van der Waals surface area contributed by atoms with Gasteiger partial charge in [-0.3, -0.25) is 0 Å². The van der Waals surface area contributed by atoms with Crippen LogP contribution in [-0.2, 0) is 0 Å². The molecule has 0 saturated heterocycles. The lowest BCUT2D eigenvalue weighted by Gasteiger charge is -2.17. The van der Waals surface area contributed by atoms with Crippen LogP contribution < -0.4 is 0 Å². The fraction of sp³-hybridized carbons (Fsp3) is 1.00. The predicted molar refractivity (Wildman–Crippen MR) is 41.7 cm³/mol. The molecule has 4 aliphatic carbocycles. The summed E-state index contributed by atoms with van der Waals surface area (Å²) in [5.74, 6) is 4.85. The van der Waals surface area contributed by atoms with Crippen LogP contribution in [0.1, 0.15) is 38.5 Å². The lowest BCUT2D eigenvalue weighted by atomic mass is 9.89. The number of fused-ring (bicyclic) bond motifs is 3. The van der Waals surface area contributed by atoms with Gasteiger partial charge in [0, 0.05) is 0 Å². The summed E-state index contributed by atoms with van der Waals surface area (Å²) in [7, 11) is 0. The van der Waals surface area contributed by atoms with Crippen molar-refractivity contribution in [2.45, 2.75) is 38.5 Å². The summed E-state index contributed by atoms with van der Waals surface area (Å²) in [4.78, 5) is 0. The molecule has 4 saturated carbocycles. The summed E-state index contributed by atoms with van der Waals surface area (Å²) in [6.45, 7) is 0. The van der Waals surface area contributed by atoms with Gasteiger partial charge >= 0.3 is 0 Å². The third-order valence-electron chi connectivity index (χ3n) is 4.12. The van der Waals surface area contributed by atoms with E-state index in [1.54, 1.807) is 38.5 Å². The molecule has 0 spiro atoms. The molecule has 0 aliphatic heterocycles. The SMILES string of the molecule is C1CCC2C3CC(C1)CC23. The van der Waals surface area contributed by atoms with Crippen molar-refractivity contribution in [2.75, 3.05) is 0 Å². The third kappa shape index (κ3) is 0.627. The van der Waals surface area contributed by atoms with Gasteiger partial charge in [0.1, 0.15) is 0 Å². The maximum atomic E-state index is 1.62. The smallest absolute Gasteiger partial charge is 0.0349 e. The lowest BCUT2D eigenvalue weighted by molar-refractivity contribution is 0.349. The van der Waals surface area contributed by atoms with E-state index in [1.807, 2.05) is 0 Å². The maximum Gasteiger partial charge on any atom is -0.0349 e. The summed E-state index contributed by atoms with van der Waals surface area (Å²) in [6.07, 6.45) is 9.49. The van der Waals surface area contributed by atoms with E-state index in [0.29, 0.717) is 0 Å². The Hall–Kier alpha value is 0. The second-order valence-corrected chi connectivity index (χ2v) is 4.61. The summed E-state index contributed by atoms with van der Waals surface area (Å²) in [5.41, 5.74) is 0. The van der Waals surface area contributed by atoms with Crippen LogP contribution in [0.3, 0.4) is 0 Å². The Balaban J connectivity index is 1.79. The van der Waals surface area contributed by atoms with Gasteiger partial charge in [-0.2, -0.15) is 0 Å². The first-order valence-corrected chi connectivity index (χ1v) is 4.95. The molecule has 0 N–H and O–H groups in total. The summed E-state index contributed by atoms with van der Waals surface area (Å²) < 4.78 is 0. The van der Waals surface area contributed by atoms with E-state index in [-0.39, 0.29) is 0 Å². The van der Waals surface area contributed by atoms with Gasteiger partial charge in [0.15, 0.2) is 0 Å². The Morgan fingerprint density at radius 3 is 2.20 bits per heavy atom. The Morgan fingerprint density at radius 2 is 1.40 bits per heavy atom. The van der Waals surface area contributed by atoms with Crippen LogP contribution in [0.4, 0.5) is 0 Å². The highest BCUT2D eigenvalue weighted by atomic mass is 14.6. The van der Waals surface area contributed by atoms with Gasteiger partial charge in [0.25, 0.3) is 0 Å². The Labute approximate surface area is 63.0 Å². The molecule has 0 heteroatoms. The zero-order valence-electron chi connectivity index (χ0n) is 6.55. The predicted octanol–water partition coefficient (Wildman–Crippen LogP) is 2.83. The minimum absolute atomic E-state index is 1.17. The topological polar surface area (TPSA) is 0 Å². The summed E-state index contributed by atoms with van der Waals surface area (Å²) >= 11 is 0. The highest BCUT2D eigenvalue weighted by Gasteiger charge is 2.55. The van der Waals surface area contributed by atoms with E-state index in [2.05, 4.69) is 0 Å². The summed E-state index contributed by atoms with van der Waals surface area (Å²) in [6, 6.07) is 0. The standard InChI is InChI=1S/C10H16/c1-2-4-8-9-5-7(3-1)6-10(8)9/h7-10H,1-6H2. The first-order chi connectivity index (χ1) is 4.95. The van der Waals surface area contributed by atoms with Crippen molar-refractivity contribution < 1.29 is 0 Å². The van der Waals surface area contributed by atoms with E-state index in [0.717, 1.165) is 0 Å². The van der Waals surface area contributed by atoms with Crippen molar-refractivity contribution in [3.05, 3.63) is 0 Å². The molecule has 0 amide bonds. The second kappa shape index (κ2) is 1.78. The molecule has 2 unspecified atom stereocenters. The van der Waals surface area contributed by atoms with Crippen molar-refractivity contribution in [3.8, 4) is 0 Å². The van der Waals surface area contributed by atoms with Crippen molar-refractivity contribution in [1.82, 2.24) is 0 Å². The van der Waals surface area contributed by atoms with Crippen molar-refractivity contribution >= 4 is 0 Å². The van der Waals surface area contributed by atoms with E-state index in [4.69, 9.17) is 0 Å². The van der Waals surface area contributed by atoms with Crippen LogP contribution in [0.5, 0.6) is 0 Å². The van der Waals surface area contributed by atoms with E-state index >= 15 is 0 Å². The van der Waals surface area contributed by atoms with Crippen molar-refractivity contribution in [2.24, 2.45) is 23.7 Å². The van der Waals surface area contributed by atoms with Crippen LogP contribution in [0.25, 0.3) is 0 Å². The average Bonchev–Trinajstić information content (AvgIpc) is 2.43. The van der Waals surface area contributed by atoms with Crippen molar-refractivity contribution in [1.29, 1.82) is 0 Å². The van der Waals surface area contributed by atoms with Crippen LogP contribution in [0.15, 0.2) is 0 Å². The van der Waals surface area contributed by atoms with Gasteiger partial charge in [-0.1, -0.05) is 19.3 Å². The highest BCUT2D eigenvalue weighted by Crippen LogP contribution is 2.63. The monoisotopic (exact) mass is 136 g/mol. The van der Waals surface area contributed by atoms with Crippen molar-refractivity contribution in [3.63, 3.8) is 0 Å². The molecule has 0 radical (unpaired) electrons. The molecule has 10 heavy (non-hydrogen) atoms. The Morgan fingerprint density at radius 1 is 0.700 bits per heavy atom. The molecule has 0 heterocycles. The van der Waals surface area contributed by atoms with Gasteiger partial charge in [-0.05, 0) is 42.9 Å². The number of hydrogen-bond acceptors (Lipinski definition) is 0. The molecule has 0 aromatic heterocycles. The van der Waals surface area contributed by atoms with E-state index in [1.165, 1.54) is 23.7 Å². The fourth-order valence-electron chi connectivity index (χ4n) is 3.57. The molecular weight excluding hydrogens is 120 g/mol. The normalized spacial score (nSPS) is 57.6. The molecule has 0 aromatic rings. The zero-order valence-corrected chi connectivity index (χ0v) is 6.55. The minimum Gasteiger partial charge on any atom is -0.0530 e. The average molecular weight is 136 g/mol. The first kappa shape index (κ1) is 5.62. The van der Waals surface area contributed by atoms with Crippen LogP contribution >= 0.6 is 0 Å². The molecule has 4 fully saturated rings. The van der Waals surface area contributed by atoms with Gasteiger partial charge in [-0.15, -0.1) is 0 Å². The highest BCUT2D eigenvalue weighted by molar-refractivity contribution is 5.04. The zero-order chi connectivity index (χ0) is 6.55. The van der Waals surface area contributed by atoms with Crippen LogP contribution in [-0.4, -0.2) is 0 Å². The Bertz CT molecular complexity index is 127. The van der Waals surface area contributed by atoms with Gasteiger partial charge in [0.2, 0.25) is 0 Å². The van der Waals surface area contributed by atoms with Gasteiger partial charge in [-0.25, -0.2) is 0 Å². The molecule has 4 aliphatic rings. The van der Waals surface area contributed by atoms with Gasteiger partial charge in [0.05, 0.1) is 0 Å². The molecule has 0 aromatic carbocycles. The summed E-state index contributed by atoms with van der Waals surface area (Å²) in [5, 5.41) is 0. The Kier molecular flexibility index (Phi) is 1.00. The van der Waals surface area contributed by atoms with E-state index in [9.17, 15) is 0 Å². The molecule has 0 nitrogen and oxygen atoms in total. The quantitative estimate of drug-likeness (QED) is 0.480. The molecule has 4 bridgehead atoms. The molecular formula is C10H16. The molecule has 2 atom stereocenters. The number of hydrogen-bond donors (Lipinski definition) is 0.